The van der Waals surface area contributed by atoms with Crippen molar-refractivity contribution in [2.24, 2.45) is 17.8 Å². The van der Waals surface area contributed by atoms with Crippen LogP contribution in [0, 0.1) is 17.8 Å². The number of hydrogen-bond acceptors (Lipinski definition) is 2. The summed E-state index contributed by atoms with van der Waals surface area (Å²) in [7, 11) is 0. The lowest BCUT2D eigenvalue weighted by Crippen LogP contribution is -2.34. The third-order valence-electron chi connectivity index (χ3n) is 4.40. The van der Waals surface area contributed by atoms with Crippen molar-refractivity contribution in [1.82, 2.24) is 5.32 Å². The van der Waals surface area contributed by atoms with Gasteiger partial charge in [0.15, 0.2) is 0 Å². The maximum absolute atomic E-state index is 12.8. The number of carbonyl (C=O) groups excluding carboxylic acids is 1. The Labute approximate surface area is 144 Å². The summed E-state index contributed by atoms with van der Waals surface area (Å²) < 4.78 is 38.3. The van der Waals surface area contributed by atoms with Crippen LogP contribution in [-0.4, -0.2) is 23.5 Å². The lowest BCUT2D eigenvalue weighted by molar-refractivity contribution is -0.142. The molecule has 2 N–H and O–H groups in total. The van der Waals surface area contributed by atoms with Crippen LogP contribution in [0.3, 0.4) is 0 Å². The van der Waals surface area contributed by atoms with Gasteiger partial charge in [-0.3, -0.25) is 9.59 Å². The average Bonchev–Trinajstić information content (AvgIpc) is 3.30. The van der Waals surface area contributed by atoms with Crippen molar-refractivity contribution < 1.29 is 27.9 Å². The van der Waals surface area contributed by atoms with E-state index in [1.165, 1.54) is 6.07 Å². The zero-order valence-corrected chi connectivity index (χ0v) is 14.1. The minimum absolute atomic E-state index is 0.0398. The van der Waals surface area contributed by atoms with Gasteiger partial charge in [-0.1, -0.05) is 32.0 Å². The van der Waals surface area contributed by atoms with Gasteiger partial charge in [-0.05, 0) is 36.3 Å². The number of alkyl halides is 3. The Morgan fingerprint density at radius 3 is 2.56 bits per heavy atom. The van der Waals surface area contributed by atoms with Crippen molar-refractivity contribution in [3.05, 3.63) is 35.4 Å². The lowest BCUT2D eigenvalue weighted by atomic mass is 9.97. The van der Waals surface area contributed by atoms with E-state index >= 15 is 0 Å². The van der Waals surface area contributed by atoms with E-state index in [1.807, 2.05) is 13.8 Å². The standard InChI is InChI=1S/C18H22F3NO3/c1-10(2)6-12(17(24)25)9-22-16(23)15-8-14(15)11-4-3-5-13(7-11)18(19,20)21/h3-5,7,10,12,14-15H,6,8-9H2,1-2H3,(H,22,23)(H,24,25). The van der Waals surface area contributed by atoms with E-state index in [-0.39, 0.29) is 24.3 Å². The molecule has 25 heavy (non-hydrogen) atoms. The first-order valence-corrected chi connectivity index (χ1v) is 8.27. The Morgan fingerprint density at radius 1 is 1.32 bits per heavy atom. The normalized spacial score (nSPS) is 21.0. The highest BCUT2D eigenvalue weighted by atomic mass is 19.4. The molecule has 3 atom stereocenters. The second kappa shape index (κ2) is 7.45. The summed E-state index contributed by atoms with van der Waals surface area (Å²) in [6.45, 7) is 3.85. The first-order chi connectivity index (χ1) is 11.6. The van der Waals surface area contributed by atoms with E-state index in [0.717, 1.165) is 12.1 Å². The summed E-state index contributed by atoms with van der Waals surface area (Å²) in [6, 6.07) is 5.02. The number of halogens is 3. The van der Waals surface area contributed by atoms with Crippen molar-refractivity contribution in [2.45, 2.75) is 38.8 Å². The number of carbonyl (C=O) groups is 2. The second-order valence-electron chi connectivity index (χ2n) is 6.98. The SMILES string of the molecule is CC(C)CC(CNC(=O)C1CC1c1cccc(C(F)(F)F)c1)C(=O)O. The first-order valence-electron chi connectivity index (χ1n) is 8.27. The zero-order chi connectivity index (χ0) is 18.8. The molecule has 0 spiro atoms. The minimum Gasteiger partial charge on any atom is -0.481 e. The number of hydrogen-bond donors (Lipinski definition) is 2. The van der Waals surface area contributed by atoms with Gasteiger partial charge in [-0.15, -0.1) is 0 Å². The molecule has 2 rings (SSSR count). The molecule has 0 aromatic heterocycles. The van der Waals surface area contributed by atoms with Gasteiger partial charge < -0.3 is 10.4 Å². The van der Waals surface area contributed by atoms with Gasteiger partial charge in [0.2, 0.25) is 5.91 Å². The monoisotopic (exact) mass is 357 g/mol. The van der Waals surface area contributed by atoms with Gasteiger partial charge in [0.25, 0.3) is 0 Å². The van der Waals surface area contributed by atoms with Crippen LogP contribution in [0.25, 0.3) is 0 Å². The molecule has 0 radical (unpaired) electrons. The van der Waals surface area contributed by atoms with Crippen molar-refractivity contribution in [2.75, 3.05) is 6.54 Å². The van der Waals surface area contributed by atoms with Gasteiger partial charge in [-0.2, -0.15) is 13.2 Å². The number of aliphatic carboxylic acids is 1. The fourth-order valence-electron chi connectivity index (χ4n) is 2.99. The Bertz CT molecular complexity index is 643. The van der Waals surface area contributed by atoms with Gasteiger partial charge in [0, 0.05) is 12.5 Å². The average molecular weight is 357 g/mol. The van der Waals surface area contributed by atoms with Gasteiger partial charge in [0.05, 0.1) is 11.5 Å². The molecule has 1 aromatic rings. The number of rotatable bonds is 7. The van der Waals surface area contributed by atoms with Crippen molar-refractivity contribution in [3.63, 3.8) is 0 Å². The molecule has 1 aromatic carbocycles. The van der Waals surface area contributed by atoms with Crippen LogP contribution in [0.4, 0.5) is 13.2 Å². The van der Waals surface area contributed by atoms with Crippen LogP contribution in [0.2, 0.25) is 0 Å². The number of carboxylic acids is 1. The van der Waals surface area contributed by atoms with Crippen molar-refractivity contribution in [3.8, 4) is 0 Å². The number of carboxylic acid groups (broad SMARTS) is 1. The molecule has 0 heterocycles. The van der Waals surface area contributed by atoms with Gasteiger partial charge in [0.1, 0.15) is 0 Å². The van der Waals surface area contributed by atoms with Crippen LogP contribution in [0.1, 0.15) is 43.7 Å². The van der Waals surface area contributed by atoms with E-state index in [2.05, 4.69) is 5.32 Å². The Balaban J connectivity index is 1.93. The van der Waals surface area contributed by atoms with Crippen LogP contribution >= 0.6 is 0 Å². The van der Waals surface area contributed by atoms with E-state index in [9.17, 15) is 22.8 Å². The zero-order valence-electron chi connectivity index (χ0n) is 14.1. The largest absolute Gasteiger partial charge is 0.481 e. The number of benzene rings is 1. The number of nitrogens with one attached hydrogen (secondary N) is 1. The molecular formula is C18H22F3NO3. The predicted molar refractivity (Wildman–Crippen MR) is 85.9 cm³/mol. The highest BCUT2D eigenvalue weighted by Crippen LogP contribution is 2.48. The van der Waals surface area contributed by atoms with E-state index < -0.39 is 29.5 Å². The molecule has 7 heteroatoms. The topological polar surface area (TPSA) is 66.4 Å². The van der Waals surface area contributed by atoms with Crippen LogP contribution in [-0.2, 0) is 15.8 Å². The smallest absolute Gasteiger partial charge is 0.416 e. The third-order valence-corrected chi connectivity index (χ3v) is 4.40. The molecule has 138 valence electrons. The van der Waals surface area contributed by atoms with Crippen molar-refractivity contribution in [1.29, 1.82) is 0 Å². The summed E-state index contributed by atoms with van der Waals surface area (Å²) in [6.07, 6.45) is -3.47. The molecule has 1 amide bonds. The van der Waals surface area contributed by atoms with Crippen LogP contribution in [0.15, 0.2) is 24.3 Å². The van der Waals surface area contributed by atoms with Crippen LogP contribution < -0.4 is 5.32 Å². The molecule has 1 saturated carbocycles. The minimum atomic E-state index is -4.41. The summed E-state index contributed by atoms with van der Waals surface area (Å²) >= 11 is 0. The van der Waals surface area contributed by atoms with Gasteiger partial charge in [-0.25, -0.2) is 0 Å². The fourth-order valence-corrected chi connectivity index (χ4v) is 2.99. The Kier molecular flexibility index (Phi) is 5.75. The fraction of sp³-hybridized carbons (Fsp3) is 0.556. The summed E-state index contributed by atoms with van der Waals surface area (Å²) in [4.78, 5) is 23.3. The molecule has 3 unspecified atom stereocenters. The van der Waals surface area contributed by atoms with E-state index in [1.54, 1.807) is 6.07 Å². The Hall–Kier alpha value is -2.05. The predicted octanol–water partition coefficient (Wildman–Crippen LogP) is 3.67. The lowest BCUT2D eigenvalue weighted by Gasteiger charge is -2.15. The summed E-state index contributed by atoms with van der Waals surface area (Å²) in [5.41, 5.74) is -0.231. The molecule has 0 bridgehead atoms. The van der Waals surface area contributed by atoms with E-state index in [4.69, 9.17) is 5.11 Å². The molecule has 1 fully saturated rings. The Morgan fingerprint density at radius 2 is 2.00 bits per heavy atom. The third kappa shape index (κ3) is 5.21. The quantitative estimate of drug-likeness (QED) is 0.782. The second-order valence-corrected chi connectivity index (χ2v) is 6.98. The first kappa shape index (κ1) is 19.3. The molecule has 1 aliphatic rings. The molecule has 0 saturated heterocycles. The number of amides is 1. The highest BCUT2D eigenvalue weighted by molar-refractivity contribution is 5.83. The summed E-state index contributed by atoms with van der Waals surface area (Å²) in [5.74, 6) is -2.35. The van der Waals surface area contributed by atoms with E-state index in [0.29, 0.717) is 18.4 Å². The maximum Gasteiger partial charge on any atom is 0.416 e. The molecule has 4 nitrogen and oxygen atoms in total. The maximum atomic E-state index is 12.8. The highest BCUT2D eigenvalue weighted by Gasteiger charge is 2.44. The molecule has 1 aliphatic carbocycles. The molecular weight excluding hydrogens is 335 g/mol. The molecule has 0 aliphatic heterocycles. The van der Waals surface area contributed by atoms with Gasteiger partial charge >= 0.3 is 12.1 Å². The van der Waals surface area contributed by atoms with Crippen molar-refractivity contribution >= 4 is 11.9 Å². The van der Waals surface area contributed by atoms with Crippen LogP contribution in [0.5, 0.6) is 0 Å². The summed E-state index contributed by atoms with van der Waals surface area (Å²) in [5, 5.41) is 11.8.